The van der Waals surface area contributed by atoms with Crippen molar-refractivity contribution in [2.45, 2.75) is 18.9 Å². The number of fused-ring (bicyclic) bond motifs is 1. The van der Waals surface area contributed by atoms with E-state index in [0.717, 1.165) is 25.9 Å². The highest BCUT2D eigenvalue weighted by atomic mass is 19.1. The largest absolute Gasteiger partial charge is 0.369 e. The molecule has 0 saturated carbocycles. The van der Waals surface area contributed by atoms with Crippen molar-refractivity contribution >= 4 is 16.7 Å². The van der Waals surface area contributed by atoms with Crippen LogP contribution in [0.25, 0.3) is 10.9 Å². The predicted molar refractivity (Wildman–Crippen MR) is 99.3 cm³/mol. The average molecular weight is 354 g/mol. The van der Waals surface area contributed by atoms with Crippen LogP contribution >= 0.6 is 0 Å². The summed E-state index contributed by atoms with van der Waals surface area (Å²) in [5.41, 5.74) is 1.82. The second kappa shape index (κ2) is 6.99. The lowest BCUT2D eigenvalue weighted by atomic mass is 9.87. The number of hydrogen-bond donors (Lipinski definition) is 1. The summed E-state index contributed by atoms with van der Waals surface area (Å²) < 4.78 is 16.2. The van der Waals surface area contributed by atoms with E-state index < -0.39 is 0 Å². The molecule has 3 aromatic rings. The highest BCUT2D eigenvalue weighted by molar-refractivity contribution is 5.89. The van der Waals surface area contributed by atoms with Gasteiger partial charge in [0.25, 0.3) is 0 Å². The molecule has 7 heteroatoms. The van der Waals surface area contributed by atoms with E-state index in [-0.39, 0.29) is 11.9 Å². The number of rotatable bonds is 4. The fraction of sp³-hybridized carbons (Fsp3) is 0.421. The highest BCUT2D eigenvalue weighted by Crippen LogP contribution is 2.35. The smallest absolute Gasteiger partial charge is 0.140 e. The quantitative estimate of drug-likeness (QED) is 0.780. The van der Waals surface area contributed by atoms with Gasteiger partial charge in [-0.3, -0.25) is 9.58 Å². The Morgan fingerprint density at radius 3 is 2.92 bits per heavy atom. The third kappa shape index (κ3) is 3.03. The van der Waals surface area contributed by atoms with Crippen LogP contribution < -0.4 is 5.32 Å². The molecule has 2 atom stereocenters. The highest BCUT2D eigenvalue weighted by Gasteiger charge is 2.32. The molecule has 1 saturated heterocycles. The minimum atomic E-state index is -0.297. The van der Waals surface area contributed by atoms with Gasteiger partial charge in [0, 0.05) is 19.8 Å². The Kier molecular flexibility index (Phi) is 4.55. The van der Waals surface area contributed by atoms with Gasteiger partial charge in [-0.2, -0.15) is 5.10 Å². The van der Waals surface area contributed by atoms with Crippen molar-refractivity contribution in [3.05, 3.63) is 48.3 Å². The molecule has 0 radical (unpaired) electrons. The Morgan fingerprint density at radius 1 is 1.23 bits per heavy atom. The summed E-state index contributed by atoms with van der Waals surface area (Å²) in [6, 6.07) is 7.28. The molecule has 2 aromatic heterocycles. The zero-order valence-electron chi connectivity index (χ0n) is 15.1. The number of aryl methyl sites for hydroxylation is 1. The Bertz CT molecular complexity index is 903. The Hall–Kier alpha value is -2.54. The SMILES string of the molecule is CN1CCC[C@@H](CNc2ncnc3cccc(F)c23)[C@@H]1c1ccnn1C. The fourth-order valence-corrected chi connectivity index (χ4v) is 4.04. The minimum Gasteiger partial charge on any atom is -0.369 e. The number of nitrogens with zero attached hydrogens (tertiary/aromatic N) is 5. The molecular formula is C19H23FN6. The first kappa shape index (κ1) is 16.9. The summed E-state index contributed by atoms with van der Waals surface area (Å²) in [6.45, 7) is 1.79. The number of halogens is 1. The summed E-state index contributed by atoms with van der Waals surface area (Å²) in [6.07, 6.45) is 5.58. The monoisotopic (exact) mass is 354 g/mol. The van der Waals surface area contributed by atoms with E-state index in [1.54, 1.807) is 12.1 Å². The molecule has 6 nitrogen and oxygen atoms in total. The van der Waals surface area contributed by atoms with Gasteiger partial charge in [0.2, 0.25) is 0 Å². The van der Waals surface area contributed by atoms with Crippen LogP contribution in [-0.4, -0.2) is 44.8 Å². The Morgan fingerprint density at radius 2 is 2.12 bits per heavy atom. The van der Waals surface area contributed by atoms with Crippen molar-refractivity contribution in [1.82, 2.24) is 24.6 Å². The first-order valence-electron chi connectivity index (χ1n) is 8.96. The Balaban J connectivity index is 1.60. The molecule has 1 aliphatic heterocycles. The van der Waals surface area contributed by atoms with E-state index in [4.69, 9.17) is 0 Å². The molecule has 0 unspecified atom stereocenters. The van der Waals surface area contributed by atoms with E-state index in [0.29, 0.717) is 22.6 Å². The topological polar surface area (TPSA) is 58.9 Å². The second-order valence-electron chi connectivity index (χ2n) is 6.94. The molecule has 0 spiro atoms. The maximum absolute atomic E-state index is 14.3. The van der Waals surface area contributed by atoms with Gasteiger partial charge in [-0.1, -0.05) is 6.07 Å². The lowest BCUT2D eigenvalue weighted by Crippen LogP contribution is -2.40. The standard InChI is InChI=1S/C19H23FN6/c1-25-10-4-5-13(18(25)16-8-9-24-26(16)2)11-21-19-17-14(20)6-3-7-15(17)22-12-23-19/h3,6-9,12-13,18H,4-5,10-11H2,1-2H3,(H,21,22,23)/t13-,18+/m0/s1. The van der Waals surface area contributed by atoms with E-state index in [9.17, 15) is 4.39 Å². The second-order valence-corrected chi connectivity index (χ2v) is 6.94. The number of aromatic nitrogens is 4. The van der Waals surface area contributed by atoms with Crippen molar-refractivity contribution in [2.24, 2.45) is 13.0 Å². The molecular weight excluding hydrogens is 331 g/mol. The number of nitrogens with one attached hydrogen (secondary N) is 1. The van der Waals surface area contributed by atoms with Gasteiger partial charge in [-0.05, 0) is 50.6 Å². The van der Waals surface area contributed by atoms with Crippen LogP contribution in [-0.2, 0) is 7.05 Å². The van der Waals surface area contributed by atoms with Crippen molar-refractivity contribution in [3.8, 4) is 0 Å². The van der Waals surface area contributed by atoms with E-state index in [2.05, 4.69) is 38.4 Å². The molecule has 4 rings (SSSR count). The van der Waals surface area contributed by atoms with Gasteiger partial charge >= 0.3 is 0 Å². The normalized spacial score (nSPS) is 21.2. The zero-order valence-corrected chi connectivity index (χ0v) is 15.1. The molecule has 136 valence electrons. The molecule has 26 heavy (non-hydrogen) atoms. The van der Waals surface area contributed by atoms with Crippen LogP contribution in [0.3, 0.4) is 0 Å². The summed E-state index contributed by atoms with van der Waals surface area (Å²) in [7, 11) is 4.14. The van der Waals surface area contributed by atoms with E-state index >= 15 is 0 Å². The number of anilines is 1. The lowest BCUT2D eigenvalue weighted by Gasteiger charge is -2.39. The maximum atomic E-state index is 14.3. The summed E-state index contributed by atoms with van der Waals surface area (Å²) >= 11 is 0. The number of likely N-dealkylation sites (tertiary alicyclic amines) is 1. The molecule has 1 N–H and O–H groups in total. The lowest BCUT2D eigenvalue weighted by molar-refractivity contribution is 0.121. The summed E-state index contributed by atoms with van der Waals surface area (Å²) in [4.78, 5) is 10.8. The van der Waals surface area contributed by atoms with Crippen molar-refractivity contribution < 1.29 is 4.39 Å². The number of hydrogen-bond acceptors (Lipinski definition) is 5. The maximum Gasteiger partial charge on any atom is 0.140 e. The fourth-order valence-electron chi connectivity index (χ4n) is 4.04. The number of piperidine rings is 1. The summed E-state index contributed by atoms with van der Waals surface area (Å²) in [5, 5.41) is 8.17. The molecule has 0 bridgehead atoms. The molecule has 1 aromatic carbocycles. The Labute approximate surface area is 152 Å². The van der Waals surface area contributed by atoms with Crippen LogP contribution in [0, 0.1) is 11.7 Å². The molecule has 0 amide bonds. The van der Waals surface area contributed by atoms with Crippen LogP contribution in [0.15, 0.2) is 36.8 Å². The third-order valence-corrected chi connectivity index (χ3v) is 5.31. The average Bonchev–Trinajstić information content (AvgIpc) is 3.05. The number of benzene rings is 1. The van der Waals surface area contributed by atoms with Crippen LogP contribution in [0.5, 0.6) is 0 Å². The minimum absolute atomic E-state index is 0.279. The molecule has 1 fully saturated rings. The van der Waals surface area contributed by atoms with Crippen molar-refractivity contribution in [3.63, 3.8) is 0 Å². The van der Waals surface area contributed by atoms with E-state index in [1.165, 1.54) is 18.1 Å². The van der Waals surface area contributed by atoms with Gasteiger partial charge in [-0.25, -0.2) is 14.4 Å². The van der Waals surface area contributed by atoms with Gasteiger partial charge in [0.1, 0.15) is 18.0 Å². The van der Waals surface area contributed by atoms with Crippen LogP contribution in [0.2, 0.25) is 0 Å². The first-order valence-corrected chi connectivity index (χ1v) is 8.96. The zero-order chi connectivity index (χ0) is 18.1. The van der Waals surface area contributed by atoms with Gasteiger partial charge < -0.3 is 5.32 Å². The predicted octanol–water partition coefficient (Wildman–Crippen LogP) is 3.00. The van der Waals surface area contributed by atoms with Gasteiger partial charge in [0.05, 0.1) is 22.6 Å². The van der Waals surface area contributed by atoms with Gasteiger partial charge in [-0.15, -0.1) is 0 Å². The summed E-state index contributed by atoms with van der Waals surface area (Å²) in [5.74, 6) is 0.653. The van der Waals surface area contributed by atoms with Crippen molar-refractivity contribution in [1.29, 1.82) is 0 Å². The van der Waals surface area contributed by atoms with Crippen LogP contribution in [0.1, 0.15) is 24.6 Å². The molecule has 0 aliphatic carbocycles. The van der Waals surface area contributed by atoms with Crippen LogP contribution in [0.4, 0.5) is 10.2 Å². The molecule has 3 heterocycles. The van der Waals surface area contributed by atoms with Crippen molar-refractivity contribution in [2.75, 3.05) is 25.5 Å². The van der Waals surface area contributed by atoms with E-state index in [1.807, 2.05) is 17.9 Å². The molecule has 1 aliphatic rings. The van der Waals surface area contributed by atoms with Gasteiger partial charge in [0.15, 0.2) is 0 Å². The third-order valence-electron chi connectivity index (χ3n) is 5.31. The first-order chi connectivity index (χ1) is 12.6.